The monoisotopic (exact) mass is 287 g/mol. The molecule has 1 aromatic heterocycles. The molecule has 0 fully saturated rings. The minimum atomic E-state index is 0.854. The fourth-order valence-electron chi connectivity index (χ4n) is 2.04. The number of aromatic nitrogens is 2. The van der Waals surface area contributed by atoms with Gasteiger partial charge in [-0.15, -0.1) is 11.8 Å². The minimum absolute atomic E-state index is 0.854. The molecule has 20 heavy (non-hydrogen) atoms. The molecule has 0 radical (unpaired) electrons. The van der Waals surface area contributed by atoms with E-state index < -0.39 is 0 Å². The molecule has 0 unspecified atom stereocenters. The van der Waals surface area contributed by atoms with Crippen LogP contribution in [0.25, 0.3) is 0 Å². The van der Waals surface area contributed by atoms with Crippen LogP contribution in [0.5, 0.6) is 0 Å². The van der Waals surface area contributed by atoms with Crippen LogP contribution in [0.3, 0.4) is 0 Å². The maximum absolute atomic E-state index is 4.65. The van der Waals surface area contributed by atoms with E-state index in [0.717, 1.165) is 34.4 Å². The van der Waals surface area contributed by atoms with Gasteiger partial charge in [0.05, 0.1) is 0 Å². The summed E-state index contributed by atoms with van der Waals surface area (Å²) < 4.78 is 0. The second-order valence-electron chi connectivity index (χ2n) is 4.80. The van der Waals surface area contributed by atoms with Gasteiger partial charge < -0.3 is 5.32 Å². The van der Waals surface area contributed by atoms with E-state index in [1.807, 2.05) is 7.05 Å². The SMILES string of the molecule is CCc1nc(NC)c(C)c(SCc2cccc(C)c2)n1. The van der Waals surface area contributed by atoms with Gasteiger partial charge in [0.1, 0.15) is 16.7 Å². The predicted octanol–water partition coefficient (Wildman–Crippen LogP) is 3.99. The molecule has 1 heterocycles. The smallest absolute Gasteiger partial charge is 0.133 e. The van der Waals surface area contributed by atoms with Gasteiger partial charge in [0.2, 0.25) is 0 Å². The molecule has 0 atom stereocenters. The number of thioether (sulfide) groups is 1. The fraction of sp³-hybridized carbons (Fsp3) is 0.375. The van der Waals surface area contributed by atoms with Crippen molar-refractivity contribution in [1.82, 2.24) is 9.97 Å². The fourth-order valence-corrected chi connectivity index (χ4v) is 3.00. The Labute approximate surface area is 125 Å². The summed E-state index contributed by atoms with van der Waals surface area (Å²) in [6.07, 6.45) is 0.854. The molecular weight excluding hydrogens is 266 g/mol. The summed E-state index contributed by atoms with van der Waals surface area (Å²) in [6.45, 7) is 6.28. The lowest BCUT2D eigenvalue weighted by Crippen LogP contribution is -2.04. The van der Waals surface area contributed by atoms with Crippen molar-refractivity contribution >= 4 is 17.6 Å². The van der Waals surface area contributed by atoms with Gasteiger partial charge in [-0.3, -0.25) is 0 Å². The van der Waals surface area contributed by atoms with Gasteiger partial charge in [-0.25, -0.2) is 9.97 Å². The largest absolute Gasteiger partial charge is 0.373 e. The quantitative estimate of drug-likeness (QED) is 0.666. The Morgan fingerprint density at radius 3 is 2.65 bits per heavy atom. The molecule has 3 nitrogen and oxygen atoms in total. The number of anilines is 1. The molecule has 2 aromatic rings. The number of hydrogen-bond donors (Lipinski definition) is 1. The van der Waals surface area contributed by atoms with Crippen LogP contribution in [-0.2, 0) is 12.2 Å². The van der Waals surface area contributed by atoms with E-state index in [-0.39, 0.29) is 0 Å². The van der Waals surface area contributed by atoms with Crippen molar-refractivity contribution in [2.24, 2.45) is 0 Å². The van der Waals surface area contributed by atoms with Crippen LogP contribution in [0, 0.1) is 13.8 Å². The zero-order chi connectivity index (χ0) is 14.5. The Morgan fingerprint density at radius 1 is 1.20 bits per heavy atom. The number of rotatable bonds is 5. The van der Waals surface area contributed by atoms with Crippen LogP contribution in [0.15, 0.2) is 29.3 Å². The third-order valence-corrected chi connectivity index (χ3v) is 4.31. The maximum Gasteiger partial charge on any atom is 0.133 e. The van der Waals surface area contributed by atoms with E-state index in [2.05, 4.69) is 60.3 Å². The van der Waals surface area contributed by atoms with E-state index in [0.29, 0.717) is 0 Å². The van der Waals surface area contributed by atoms with Gasteiger partial charge in [-0.2, -0.15) is 0 Å². The van der Waals surface area contributed by atoms with E-state index in [9.17, 15) is 0 Å². The zero-order valence-electron chi connectivity index (χ0n) is 12.5. The average molecular weight is 287 g/mol. The molecule has 4 heteroatoms. The second kappa shape index (κ2) is 6.75. The first-order valence-electron chi connectivity index (χ1n) is 6.87. The molecule has 0 aliphatic carbocycles. The summed E-state index contributed by atoms with van der Waals surface area (Å²) >= 11 is 1.78. The highest BCUT2D eigenvalue weighted by molar-refractivity contribution is 7.98. The number of nitrogens with one attached hydrogen (secondary N) is 1. The summed E-state index contributed by atoms with van der Waals surface area (Å²) in [4.78, 5) is 9.15. The third kappa shape index (κ3) is 3.51. The molecule has 0 spiro atoms. The van der Waals surface area contributed by atoms with Gasteiger partial charge >= 0.3 is 0 Å². The molecular formula is C16H21N3S. The Morgan fingerprint density at radius 2 is 2.00 bits per heavy atom. The van der Waals surface area contributed by atoms with Gasteiger partial charge in [0.15, 0.2) is 0 Å². The van der Waals surface area contributed by atoms with Crippen molar-refractivity contribution < 1.29 is 0 Å². The highest BCUT2D eigenvalue weighted by Crippen LogP contribution is 2.28. The van der Waals surface area contributed by atoms with Gasteiger partial charge in [-0.1, -0.05) is 36.8 Å². The molecule has 1 aromatic carbocycles. The number of aryl methyl sites for hydroxylation is 2. The summed E-state index contributed by atoms with van der Waals surface area (Å²) in [6, 6.07) is 8.62. The lowest BCUT2D eigenvalue weighted by atomic mass is 10.2. The Bertz CT molecular complexity index is 596. The summed E-state index contributed by atoms with van der Waals surface area (Å²) in [5.74, 6) is 2.77. The van der Waals surface area contributed by atoms with Crippen molar-refractivity contribution in [2.75, 3.05) is 12.4 Å². The van der Waals surface area contributed by atoms with E-state index in [1.165, 1.54) is 11.1 Å². The number of nitrogens with zero attached hydrogens (tertiary/aromatic N) is 2. The lowest BCUT2D eigenvalue weighted by molar-refractivity contribution is 0.874. The minimum Gasteiger partial charge on any atom is -0.373 e. The number of hydrogen-bond acceptors (Lipinski definition) is 4. The van der Waals surface area contributed by atoms with Crippen LogP contribution in [0.1, 0.15) is 29.4 Å². The van der Waals surface area contributed by atoms with Crippen LogP contribution in [-0.4, -0.2) is 17.0 Å². The van der Waals surface area contributed by atoms with Gasteiger partial charge in [0, 0.05) is 24.8 Å². The van der Waals surface area contributed by atoms with Crippen LogP contribution in [0.2, 0.25) is 0 Å². The molecule has 0 saturated carbocycles. The highest BCUT2D eigenvalue weighted by atomic mass is 32.2. The van der Waals surface area contributed by atoms with Crippen LogP contribution >= 0.6 is 11.8 Å². The lowest BCUT2D eigenvalue weighted by Gasteiger charge is -2.11. The first-order valence-corrected chi connectivity index (χ1v) is 7.86. The van der Waals surface area contributed by atoms with Crippen LogP contribution in [0.4, 0.5) is 5.82 Å². The first kappa shape index (κ1) is 14.9. The molecule has 0 aliphatic rings. The molecule has 0 saturated heterocycles. The summed E-state index contributed by atoms with van der Waals surface area (Å²) in [7, 11) is 1.91. The standard InChI is InChI=1S/C16H21N3S/c1-5-14-18-15(17-4)12(3)16(19-14)20-10-13-8-6-7-11(2)9-13/h6-9H,5,10H2,1-4H3,(H,17,18,19). The maximum atomic E-state index is 4.65. The van der Waals surface area contributed by atoms with Gasteiger partial charge in [0.25, 0.3) is 0 Å². The summed E-state index contributed by atoms with van der Waals surface area (Å²) in [5.41, 5.74) is 3.76. The predicted molar refractivity (Wildman–Crippen MR) is 86.4 cm³/mol. The Balaban J connectivity index is 2.20. The molecule has 0 bridgehead atoms. The molecule has 0 aliphatic heterocycles. The van der Waals surface area contributed by atoms with E-state index in [1.54, 1.807) is 11.8 Å². The Kier molecular flexibility index (Phi) is 5.01. The highest BCUT2D eigenvalue weighted by Gasteiger charge is 2.10. The molecule has 106 valence electrons. The Hall–Kier alpha value is -1.55. The number of benzene rings is 1. The van der Waals surface area contributed by atoms with Crippen molar-refractivity contribution in [1.29, 1.82) is 0 Å². The van der Waals surface area contributed by atoms with Crippen molar-refractivity contribution in [2.45, 2.75) is 38.0 Å². The van der Waals surface area contributed by atoms with Crippen molar-refractivity contribution in [3.8, 4) is 0 Å². The van der Waals surface area contributed by atoms with E-state index in [4.69, 9.17) is 0 Å². The van der Waals surface area contributed by atoms with E-state index >= 15 is 0 Å². The van der Waals surface area contributed by atoms with Crippen molar-refractivity contribution in [3.63, 3.8) is 0 Å². The average Bonchev–Trinajstić information content (AvgIpc) is 2.46. The van der Waals surface area contributed by atoms with Gasteiger partial charge in [-0.05, 0) is 19.4 Å². The molecule has 1 N–H and O–H groups in total. The normalized spacial score (nSPS) is 10.6. The van der Waals surface area contributed by atoms with Crippen molar-refractivity contribution in [3.05, 3.63) is 46.8 Å². The first-order chi connectivity index (χ1) is 9.63. The topological polar surface area (TPSA) is 37.8 Å². The molecule has 2 rings (SSSR count). The second-order valence-corrected chi connectivity index (χ2v) is 5.76. The summed E-state index contributed by atoms with van der Waals surface area (Å²) in [5, 5.41) is 4.23. The zero-order valence-corrected chi connectivity index (χ0v) is 13.3. The third-order valence-electron chi connectivity index (χ3n) is 3.16. The molecule has 0 amide bonds. The van der Waals surface area contributed by atoms with Crippen LogP contribution < -0.4 is 5.32 Å².